The number of hydrogen-bond donors (Lipinski definition) is 6. The van der Waals surface area contributed by atoms with E-state index in [4.69, 9.17) is 30.6 Å². The molecule has 21 heavy (non-hydrogen) atoms. The van der Waals surface area contributed by atoms with Gasteiger partial charge in [0.05, 0.1) is 0 Å². The maximum Gasteiger partial charge on any atom is 0.0431 e. The van der Waals surface area contributed by atoms with Crippen molar-refractivity contribution in [2.45, 2.75) is 57.8 Å². The Balaban J connectivity index is -0.000000234. The van der Waals surface area contributed by atoms with E-state index in [0.717, 1.165) is 57.8 Å². The predicted octanol–water partition coefficient (Wildman–Crippen LogP) is 0.424. The van der Waals surface area contributed by atoms with Crippen LogP contribution in [-0.2, 0) is 0 Å². The van der Waals surface area contributed by atoms with Crippen molar-refractivity contribution in [1.29, 1.82) is 0 Å². The highest BCUT2D eigenvalue weighted by molar-refractivity contribution is 4.39. The normalized spacial score (nSPS) is 9.43. The fourth-order valence-electron chi connectivity index (χ4n) is 1.20. The summed E-state index contributed by atoms with van der Waals surface area (Å²) in [6.07, 6.45) is 7.84. The summed E-state index contributed by atoms with van der Waals surface area (Å²) < 4.78 is 0. The molecule has 0 spiro atoms. The van der Waals surface area contributed by atoms with Crippen LogP contribution in [0.1, 0.15) is 57.8 Å². The van der Waals surface area contributed by atoms with E-state index in [9.17, 15) is 0 Å². The minimum absolute atomic E-state index is 0.195. The summed E-state index contributed by atoms with van der Waals surface area (Å²) in [5.74, 6) is 0. The van der Waals surface area contributed by atoms with E-state index in [-0.39, 0.29) is 39.6 Å². The number of aliphatic hydroxyl groups is 6. The number of aliphatic hydroxyl groups excluding tert-OH is 6. The van der Waals surface area contributed by atoms with Crippen molar-refractivity contribution < 1.29 is 30.6 Å². The van der Waals surface area contributed by atoms with Crippen LogP contribution in [-0.4, -0.2) is 70.3 Å². The monoisotopic (exact) mass is 312 g/mol. The van der Waals surface area contributed by atoms with Crippen LogP contribution in [0.15, 0.2) is 0 Å². The Hall–Kier alpha value is -0.240. The van der Waals surface area contributed by atoms with E-state index in [0.29, 0.717) is 0 Å². The zero-order valence-electron chi connectivity index (χ0n) is 13.3. The van der Waals surface area contributed by atoms with E-state index in [2.05, 4.69) is 0 Å². The molecule has 132 valence electrons. The molecular formula is C15H36O6. The second-order valence-electron chi connectivity index (χ2n) is 4.52. The van der Waals surface area contributed by atoms with Crippen molar-refractivity contribution in [1.82, 2.24) is 0 Å². The van der Waals surface area contributed by atoms with Gasteiger partial charge in [0.2, 0.25) is 0 Å². The molecule has 0 aliphatic carbocycles. The highest BCUT2D eigenvalue weighted by atomic mass is 16.3. The number of unbranched alkanes of at least 4 members (excludes halogenated alkanes) is 6. The highest BCUT2D eigenvalue weighted by Crippen LogP contribution is 1.96. The summed E-state index contributed by atoms with van der Waals surface area (Å²) in [6.45, 7) is 1.46. The van der Waals surface area contributed by atoms with Crippen molar-refractivity contribution in [2.75, 3.05) is 39.6 Å². The number of rotatable bonds is 12. The third-order valence-corrected chi connectivity index (χ3v) is 2.45. The van der Waals surface area contributed by atoms with Crippen LogP contribution in [0.25, 0.3) is 0 Å². The summed E-state index contributed by atoms with van der Waals surface area (Å²) >= 11 is 0. The standard InChI is InChI=1S/C6H14O2.C5H12O2.C4H10O2/c7-5-3-1-2-4-6-8;6-4-2-1-3-5-7;5-3-1-2-4-6/h7-8H,1-6H2;6-7H,1-5H2;5-6H,1-4H2. The second-order valence-corrected chi connectivity index (χ2v) is 4.52. The second kappa shape index (κ2) is 31.9. The Morgan fingerprint density at radius 1 is 0.238 bits per heavy atom. The molecule has 0 bridgehead atoms. The van der Waals surface area contributed by atoms with Crippen molar-refractivity contribution in [3.8, 4) is 0 Å². The molecule has 0 aliphatic rings. The first-order valence-corrected chi connectivity index (χ1v) is 7.90. The molecule has 0 aromatic rings. The maximum absolute atomic E-state index is 8.30. The molecule has 6 nitrogen and oxygen atoms in total. The van der Waals surface area contributed by atoms with Gasteiger partial charge in [-0.25, -0.2) is 0 Å². The van der Waals surface area contributed by atoms with Crippen molar-refractivity contribution in [3.63, 3.8) is 0 Å². The van der Waals surface area contributed by atoms with Gasteiger partial charge in [0.15, 0.2) is 0 Å². The minimum atomic E-state index is 0.195. The Labute approximate surface area is 129 Å². The van der Waals surface area contributed by atoms with Gasteiger partial charge in [-0.05, 0) is 44.9 Å². The summed E-state index contributed by atoms with van der Waals surface area (Å²) in [5, 5.41) is 49.2. The smallest absolute Gasteiger partial charge is 0.0431 e. The highest BCUT2D eigenvalue weighted by Gasteiger charge is 1.84. The van der Waals surface area contributed by atoms with Gasteiger partial charge in [-0.2, -0.15) is 0 Å². The summed E-state index contributed by atoms with van der Waals surface area (Å²) in [4.78, 5) is 0. The fourth-order valence-corrected chi connectivity index (χ4v) is 1.20. The molecular weight excluding hydrogens is 276 g/mol. The first kappa shape index (κ1) is 25.7. The molecule has 0 saturated carbocycles. The van der Waals surface area contributed by atoms with Crippen LogP contribution < -0.4 is 0 Å². The van der Waals surface area contributed by atoms with Gasteiger partial charge in [0, 0.05) is 39.6 Å². The van der Waals surface area contributed by atoms with Crippen LogP contribution >= 0.6 is 0 Å². The van der Waals surface area contributed by atoms with Crippen LogP contribution in [0.4, 0.5) is 0 Å². The summed E-state index contributed by atoms with van der Waals surface area (Å²) in [7, 11) is 0. The van der Waals surface area contributed by atoms with Crippen molar-refractivity contribution in [3.05, 3.63) is 0 Å². The van der Waals surface area contributed by atoms with E-state index < -0.39 is 0 Å². The van der Waals surface area contributed by atoms with E-state index in [1.807, 2.05) is 0 Å². The Morgan fingerprint density at radius 2 is 0.381 bits per heavy atom. The molecule has 0 amide bonds. The zero-order chi connectivity index (χ0) is 16.6. The van der Waals surface area contributed by atoms with Crippen molar-refractivity contribution >= 4 is 0 Å². The molecule has 0 aromatic heterocycles. The maximum atomic E-state index is 8.30. The third kappa shape index (κ3) is 45.1. The van der Waals surface area contributed by atoms with E-state index >= 15 is 0 Å². The van der Waals surface area contributed by atoms with Gasteiger partial charge in [0.25, 0.3) is 0 Å². The van der Waals surface area contributed by atoms with E-state index in [1.165, 1.54) is 0 Å². The minimum Gasteiger partial charge on any atom is -0.396 e. The average Bonchev–Trinajstić information content (AvgIpc) is 2.51. The number of hydrogen-bond acceptors (Lipinski definition) is 6. The average molecular weight is 312 g/mol. The van der Waals surface area contributed by atoms with Gasteiger partial charge in [0.1, 0.15) is 0 Å². The quantitative estimate of drug-likeness (QED) is 0.291. The third-order valence-electron chi connectivity index (χ3n) is 2.45. The predicted molar refractivity (Wildman–Crippen MR) is 84.1 cm³/mol. The first-order chi connectivity index (χ1) is 10.2. The SMILES string of the molecule is OCCCCCCO.OCCCCCO.OCCCCO. The van der Waals surface area contributed by atoms with Crippen LogP contribution in [0.2, 0.25) is 0 Å². The van der Waals surface area contributed by atoms with Gasteiger partial charge in [-0.1, -0.05) is 12.8 Å². The topological polar surface area (TPSA) is 121 Å². The molecule has 0 aliphatic heterocycles. The summed E-state index contributed by atoms with van der Waals surface area (Å²) in [5.41, 5.74) is 0. The first-order valence-electron chi connectivity index (χ1n) is 7.90. The van der Waals surface area contributed by atoms with Crippen molar-refractivity contribution in [2.24, 2.45) is 0 Å². The Bertz CT molecular complexity index is 121. The van der Waals surface area contributed by atoms with Gasteiger partial charge >= 0.3 is 0 Å². The lowest BCUT2D eigenvalue weighted by Gasteiger charge is -1.93. The molecule has 0 atom stereocenters. The lowest BCUT2D eigenvalue weighted by molar-refractivity contribution is 0.242. The van der Waals surface area contributed by atoms with Gasteiger partial charge in [-0.3, -0.25) is 0 Å². The lowest BCUT2D eigenvalue weighted by Crippen LogP contribution is -1.85. The summed E-state index contributed by atoms with van der Waals surface area (Å²) in [6, 6.07) is 0. The molecule has 0 radical (unpaired) electrons. The molecule has 6 heteroatoms. The molecule has 0 unspecified atom stereocenters. The van der Waals surface area contributed by atoms with Crippen LogP contribution in [0.3, 0.4) is 0 Å². The Morgan fingerprint density at radius 3 is 0.571 bits per heavy atom. The van der Waals surface area contributed by atoms with Crippen LogP contribution in [0.5, 0.6) is 0 Å². The fraction of sp³-hybridized carbons (Fsp3) is 1.00. The van der Waals surface area contributed by atoms with E-state index in [1.54, 1.807) is 0 Å². The molecule has 0 heterocycles. The molecule has 6 N–H and O–H groups in total. The van der Waals surface area contributed by atoms with Gasteiger partial charge in [-0.15, -0.1) is 0 Å². The van der Waals surface area contributed by atoms with Gasteiger partial charge < -0.3 is 30.6 Å². The lowest BCUT2D eigenvalue weighted by atomic mass is 10.2. The Kier molecular flexibility index (Phi) is 39.1. The largest absolute Gasteiger partial charge is 0.396 e. The molecule has 0 saturated heterocycles. The molecule has 0 aromatic carbocycles. The van der Waals surface area contributed by atoms with Crippen LogP contribution in [0, 0.1) is 0 Å². The zero-order valence-corrected chi connectivity index (χ0v) is 13.3. The molecule has 0 rings (SSSR count). The molecule has 0 fully saturated rings.